The average Bonchev–Trinajstić information content (AvgIpc) is 2.28. The molecule has 0 spiro atoms. The molecule has 1 aromatic carbocycles. The van der Waals surface area contributed by atoms with Crippen LogP contribution in [0.2, 0.25) is 0 Å². The fourth-order valence-electron chi connectivity index (χ4n) is 2.30. The van der Waals surface area contributed by atoms with E-state index in [1.54, 1.807) is 0 Å². The van der Waals surface area contributed by atoms with Gasteiger partial charge in [0, 0.05) is 26.2 Å². The predicted molar refractivity (Wildman–Crippen MR) is 64.3 cm³/mol. The van der Waals surface area contributed by atoms with Crippen molar-refractivity contribution in [2.24, 2.45) is 0 Å². The standard InChI is InChI=1S/C13H17F3N2/c1-10-3-2-4-11(7-10)9-18-6-5-17-8-12(18)13(14,15)16/h2-4,7,12,17H,5-6,8-9H2,1H3. The Bertz CT molecular complexity index is 403. The molecule has 1 aliphatic heterocycles. The van der Waals surface area contributed by atoms with Crippen LogP contribution in [0.1, 0.15) is 11.1 Å². The molecule has 0 aromatic heterocycles. The van der Waals surface area contributed by atoms with Gasteiger partial charge in [0.1, 0.15) is 6.04 Å². The Morgan fingerprint density at radius 2 is 2.17 bits per heavy atom. The van der Waals surface area contributed by atoms with Crippen LogP contribution in [-0.2, 0) is 6.54 Å². The molecule has 0 radical (unpaired) electrons. The number of nitrogens with one attached hydrogen (secondary N) is 1. The maximum absolute atomic E-state index is 12.9. The second kappa shape index (κ2) is 5.28. The summed E-state index contributed by atoms with van der Waals surface area (Å²) in [6.07, 6.45) is -4.17. The van der Waals surface area contributed by atoms with E-state index in [1.165, 1.54) is 4.90 Å². The summed E-state index contributed by atoms with van der Waals surface area (Å²) in [5.41, 5.74) is 2.01. The predicted octanol–water partition coefficient (Wildman–Crippen LogP) is 2.33. The number of piperazine rings is 1. The van der Waals surface area contributed by atoms with Gasteiger partial charge in [-0.2, -0.15) is 13.2 Å². The second-order valence-electron chi connectivity index (χ2n) is 4.72. The summed E-state index contributed by atoms with van der Waals surface area (Å²) in [5, 5.41) is 2.81. The van der Waals surface area contributed by atoms with Crippen LogP contribution in [0.4, 0.5) is 13.2 Å². The van der Waals surface area contributed by atoms with Crippen LogP contribution in [0, 0.1) is 6.92 Å². The van der Waals surface area contributed by atoms with Gasteiger partial charge in [0.2, 0.25) is 0 Å². The van der Waals surface area contributed by atoms with Gasteiger partial charge in [-0.3, -0.25) is 4.90 Å². The molecule has 1 heterocycles. The van der Waals surface area contributed by atoms with Gasteiger partial charge in [0.25, 0.3) is 0 Å². The highest BCUT2D eigenvalue weighted by atomic mass is 19.4. The Morgan fingerprint density at radius 3 is 2.83 bits per heavy atom. The second-order valence-corrected chi connectivity index (χ2v) is 4.72. The van der Waals surface area contributed by atoms with Gasteiger partial charge in [0.15, 0.2) is 0 Å². The molecule has 1 atom stereocenters. The fourth-order valence-corrected chi connectivity index (χ4v) is 2.30. The Hall–Kier alpha value is -1.07. The van der Waals surface area contributed by atoms with Crippen molar-refractivity contribution in [2.45, 2.75) is 25.7 Å². The molecule has 18 heavy (non-hydrogen) atoms. The van der Waals surface area contributed by atoms with Crippen molar-refractivity contribution in [1.82, 2.24) is 10.2 Å². The molecule has 0 aliphatic carbocycles. The zero-order valence-electron chi connectivity index (χ0n) is 10.3. The molecule has 0 saturated carbocycles. The van der Waals surface area contributed by atoms with E-state index in [9.17, 15) is 13.2 Å². The van der Waals surface area contributed by atoms with E-state index >= 15 is 0 Å². The number of nitrogens with zero attached hydrogens (tertiary/aromatic N) is 1. The Morgan fingerprint density at radius 1 is 1.39 bits per heavy atom. The summed E-state index contributed by atoms with van der Waals surface area (Å²) in [6.45, 7) is 3.32. The number of aryl methyl sites for hydroxylation is 1. The zero-order chi connectivity index (χ0) is 13.2. The van der Waals surface area contributed by atoms with Crippen molar-refractivity contribution >= 4 is 0 Å². The average molecular weight is 258 g/mol. The lowest BCUT2D eigenvalue weighted by Crippen LogP contribution is -2.57. The summed E-state index contributed by atoms with van der Waals surface area (Å²) in [5.74, 6) is 0. The molecule has 2 rings (SSSR count). The van der Waals surface area contributed by atoms with Crippen LogP contribution >= 0.6 is 0 Å². The summed E-state index contributed by atoms with van der Waals surface area (Å²) < 4.78 is 38.7. The third-order valence-corrected chi connectivity index (χ3v) is 3.20. The van der Waals surface area contributed by atoms with Gasteiger partial charge in [-0.05, 0) is 12.5 Å². The van der Waals surface area contributed by atoms with Gasteiger partial charge >= 0.3 is 6.18 Å². The maximum Gasteiger partial charge on any atom is 0.405 e. The molecular weight excluding hydrogens is 241 g/mol. The smallest absolute Gasteiger partial charge is 0.314 e. The largest absolute Gasteiger partial charge is 0.405 e. The number of hydrogen-bond donors (Lipinski definition) is 1. The highest BCUT2D eigenvalue weighted by Crippen LogP contribution is 2.27. The molecule has 1 saturated heterocycles. The minimum Gasteiger partial charge on any atom is -0.314 e. The molecule has 1 N–H and O–H groups in total. The van der Waals surface area contributed by atoms with Crippen molar-refractivity contribution < 1.29 is 13.2 Å². The fraction of sp³-hybridized carbons (Fsp3) is 0.538. The number of halogens is 3. The van der Waals surface area contributed by atoms with Crippen LogP contribution in [0.3, 0.4) is 0 Å². The van der Waals surface area contributed by atoms with Gasteiger partial charge in [-0.1, -0.05) is 29.8 Å². The van der Waals surface area contributed by atoms with Crippen molar-refractivity contribution in [3.05, 3.63) is 35.4 Å². The number of benzene rings is 1. The van der Waals surface area contributed by atoms with Crippen molar-refractivity contribution in [1.29, 1.82) is 0 Å². The third kappa shape index (κ3) is 3.23. The Balaban J connectivity index is 2.10. The summed E-state index contributed by atoms with van der Waals surface area (Å²) in [7, 11) is 0. The molecule has 100 valence electrons. The third-order valence-electron chi connectivity index (χ3n) is 3.20. The lowest BCUT2D eigenvalue weighted by atomic mass is 10.1. The molecule has 1 unspecified atom stereocenters. The van der Waals surface area contributed by atoms with E-state index in [-0.39, 0.29) is 6.54 Å². The number of rotatable bonds is 2. The number of alkyl halides is 3. The summed E-state index contributed by atoms with van der Waals surface area (Å²) in [6, 6.07) is 6.27. The van der Waals surface area contributed by atoms with Crippen LogP contribution in [0.15, 0.2) is 24.3 Å². The van der Waals surface area contributed by atoms with Crippen LogP contribution in [0.5, 0.6) is 0 Å². The lowest BCUT2D eigenvalue weighted by Gasteiger charge is -2.37. The van der Waals surface area contributed by atoms with E-state index in [4.69, 9.17) is 0 Å². The van der Waals surface area contributed by atoms with Gasteiger partial charge < -0.3 is 5.32 Å². The van der Waals surface area contributed by atoms with E-state index in [0.29, 0.717) is 19.6 Å². The van der Waals surface area contributed by atoms with Crippen LogP contribution in [-0.4, -0.2) is 36.8 Å². The van der Waals surface area contributed by atoms with Crippen molar-refractivity contribution in [3.8, 4) is 0 Å². The molecule has 0 amide bonds. The van der Waals surface area contributed by atoms with E-state index in [2.05, 4.69) is 5.32 Å². The topological polar surface area (TPSA) is 15.3 Å². The molecule has 1 aliphatic rings. The Kier molecular flexibility index (Phi) is 3.92. The maximum atomic E-state index is 12.9. The van der Waals surface area contributed by atoms with E-state index in [0.717, 1.165) is 11.1 Å². The first-order valence-corrected chi connectivity index (χ1v) is 6.04. The van der Waals surface area contributed by atoms with Crippen molar-refractivity contribution in [3.63, 3.8) is 0 Å². The monoisotopic (exact) mass is 258 g/mol. The minimum absolute atomic E-state index is 0.0185. The highest BCUT2D eigenvalue weighted by molar-refractivity contribution is 5.22. The Labute approximate surface area is 105 Å². The molecule has 2 nitrogen and oxygen atoms in total. The first kappa shape index (κ1) is 13.4. The van der Waals surface area contributed by atoms with E-state index in [1.807, 2.05) is 31.2 Å². The number of hydrogen-bond acceptors (Lipinski definition) is 2. The molecular formula is C13H17F3N2. The normalized spacial score (nSPS) is 22.1. The minimum atomic E-state index is -4.17. The first-order valence-electron chi connectivity index (χ1n) is 6.04. The molecule has 1 fully saturated rings. The molecule has 0 bridgehead atoms. The quantitative estimate of drug-likeness (QED) is 0.876. The first-order chi connectivity index (χ1) is 8.47. The van der Waals surface area contributed by atoms with Gasteiger partial charge in [-0.15, -0.1) is 0 Å². The van der Waals surface area contributed by atoms with Gasteiger partial charge in [-0.25, -0.2) is 0 Å². The van der Waals surface area contributed by atoms with Crippen LogP contribution in [0.25, 0.3) is 0 Å². The summed E-state index contributed by atoms with van der Waals surface area (Å²) in [4.78, 5) is 1.51. The molecule has 1 aromatic rings. The van der Waals surface area contributed by atoms with E-state index < -0.39 is 12.2 Å². The van der Waals surface area contributed by atoms with Crippen LogP contribution < -0.4 is 5.32 Å². The van der Waals surface area contributed by atoms with Gasteiger partial charge in [0.05, 0.1) is 0 Å². The summed E-state index contributed by atoms with van der Waals surface area (Å²) >= 11 is 0. The SMILES string of the molecule is Cc1cccc(CN2CCNCC2C(F)(F)F)c1. The zero-order valence-corrected chi connectivity index (χ0v) is 10.3. The lowest BCUT2D eigenvalue weighted by molar-refractivity contribution is -0.188. The molecule has 5 heteroatoms. The highest BCUT2D eigenvalue weighted by Gasteiger charge is 2.44. The van der Waals surface area contributed by atoms with Crippen molar-refractivity contribution in [2.75, 3.05) is 19.6 Å².